The average Bonchev–Trinajstić information content (AvgIpc) is 2.39. The summed E-state index contributed by atoms with van der Waals surface area (Å²) in [6, 6.07) is 0. The molecule has 2 unspecified atom stereocenters. The van der Waals surface area contributed by atoms with Gasteiger partial charge in [0.05, 0.1) is 52.4 Å². The lowest BCUT2D eigenvalue weighted by Crippen LogP contribution is -2.39. The molecule has 1 aliphatic heterocycles. The van der Waals surface area contributed by atoms with Crippen molar-refractivity contribution in [2.45, 2.75) is 18.6 Å². The molecule has 0 amide bonds. The minimum absolute atomic E-state index is 0.222. The predicted octanol–water partition coefficient (Wildman–Crippen LogP) is -0.168. The van der Waals surface area contributed by atoms with E-state index in [0.717, 1.165) is 0 Å². The highest BCUT2D eigenvalue weighted by atomic mass is 16.6. The summed E-state index contributed by atoms with van der Waals surface area (Å²) in [6.07, 6.45) is -0.00443. The van der Waals surface area contributed by atoms with Gasteiger partial charge in [0.15, 0.2) is 0 Å². The van der Waals surface area contributed by atoms with E-state index in [2.05, 4.69) is 0 Å². The topological polar surface area (TPSA) is 66.4 Å². The smallest absolute Gasteiger partial charge is 0.107 e. The van der Waals surface area contributed by atoms with Crippen LogP contribution in [0.25, 0.3) is 0 Å². The van der Waals surface area contributed by atoms with Crippen molar-refractivity contribution in [1.82, 2.24) is 0 Å². The molecule has 1 heterocycles. The lowest BCUT2D eigenvalue weighted by molar-refractivity contribution is -0.125. The Bertz CT molecular complexity index is 189. The maximum absolute atomic E-state index is 9.61. The first-order valence-corrected chi connectivity index (χ1v) is 6.36. The fourth-order valence-corrected chi connectivity index (χ4v) is 1.58. The van der Waals surface area contributed by atoms with Crippen LogP contribution in [0, 0.1) is 0 Å². The van der Waals surface area contributed by atoms with Gasteiger partial charge in [-0.05, 0) is 6.42 Å². The molecule has 18 heavy (non-hydrogen) atoms. The molecule has 1 N–H and O–H groups in total. The van der Waals surface area contributed by atoms with Gasteiger partial charge in [0.1, 0.15) is 6.10 Å². The summed E-state index contributed by atoms with van der Waals surface area (Å²) in [5.74, 6) is 0. The third kappa shape index (κ3) is 7.25. The van der Waals surface area contributed by atoms with Crippen molar-refractivity contribution in [2.75, 3.05) is 60.0 Å². The number of aliphatic hydroxyl groups is 1. The molecular formula is C12H24O6. The van der Waals surface area contributed by atoms with Crippen molar-refractivity contribution in [3.05, 3.63) is 0 Å². The van der Waals surface area contributed by atoms with Crippen LogP contribution in [0.2, 0.25) is 0 Å². The first-order chi connectivity index (χ1) is 8.84. The second kappa shape index (κ2) is 10.7. The van der Waals surface area contributed by atoms with E-state index in [1.165, 1.54) is 0 Å². The molecule has 2 atom stereocenters. The molecular weight excluding hydrogens is 240 g/mol. The van der Waals surface area contributed by atoms with E-state index >= 15 is 0 Å². The minimum Gasteiger partial charge on any atom is -0.390 e. The van der Waals surface area contributed by atoms with E-state index in [1.54, 1.807) is 7.11 Å². The molecule has 0 aromatic heterocycles. The fourth-order valence-electron chi connectivity index (χ4n) is 1.58. The maximum Gasteiger partial charge on any atom is 0.107 e. The zero-order valence-corrected chi connectivity index (χ0v) is 11.0. The van der Waals surface area contributed by atoms with Gasteiger partial charge in [0.2, 0.25) is 0 Å². The summed E-state index contributed by atoms with van der Waals surface area (Å²) in [7, 11) is 1.64. The Balaban J connectivity index is 1.83. The largest absolute Gasteiger partial charge is 0.390 e. The second-order valence-corrected chi connectivity index (χ2v) is 4.06. The maximum atomic E-state index is 9.61. The van der Waals surface area contributed by atoms with Gasteiger partial charge in [-0.3, -0.25) is 0 Å². The third-order valence-corrected chi connectivity index (χ3v) is 2.63. The summed E-state index contributed by atoms with van der Waals surface area (Å²) in [4.78, 5) is 0. The number of hydrogen-bond acceptors (Lipinski definition) is 6. The van der Waals surface area contributed by atoms with Crippen LogP contribution in [-0.4, -0.2) is 77.3 Å². The molecule has 1 fully saturated rings. The van der Waals surface area contributed by atoms with Crippen LogP contribution in [0.3, 0.4) is 0 Å². The summed E-state index contributed by atoms with van der Waals surface area (Å²) >= 11 is 0. The van der Waals surface area contributed by atoms with E-state index in [9.17, 15) is 5.11 Å². The summed E-state index contributed by atoms with van der Waals surface area (Å²) in [6.45, 7) is 4.30. The number of methoxy groups -OCH3 is 1. The van der Waals surface area contributed by atoms with Crippen LogP contribution < -0.4 is 0 Å². The number of ether oxygens (including phenoxy) is 5. The van der Waals surface area contributed by atoms with Crippen molar-refractivity contribution >= 4 is 0 Å². The summed E-state index contributed by atoms with van der Waals surface area (Å²) in [5, 5.41) is 9.61. The molecule has 1 aliphatic rings. The Hall–Kier alpha value is -0.240. The fraction of sp³-hybridized carbons (Fsp3) is 1.00. The highest BCUT2D eigenvalue weighted by Gasteiger charge is 2.23. The van der Waals surface area contributed by atoms with Crippen LogP contribution in [0.4, 0.5) is 0 Å². The molecule has 0 radical (unpaired) electrons. The summed E-state index contributed by atoms with van der Waals surface area (Å²) in [5.41, 5.74) is 0. The van der Waals surface area contributed by atoms with Gasteiger partial charge < -0.3 is 28.8 Å². The van der Waals surface area contributed by atoms with Crippen molar-refractivity contribution in [1.29, 1.82) is 0 Å². The lowest BCUT2D eigenvalue weighted by Gasteiger charge is -2.27. The van der Waals surface area contributed by atoms with Crippen LogP contribution in [0.1, 0.15) is 6.42 Å². The van der Waals surface area contributed by atoms with Crippen molar-refractivity contribution in [2.24, 2.45) is 0 Å². The standard InChI is InChI=1S/C12H24O6/c1-14-4-5-15-6-7-16-8-9-18-12-10-17-3-2-11(12)13/h11-13H,2-10H2,1H3. The Morgan fingerprint density at radius 1 is 1.06 bits per heavy atom. The Labute approximate surface area is 108 Å². The highest BCUT2D eigenvalue weighted by molar-refractivity contribution is 4.72. The molecule has 0 aromatic rings. The van der Waals surface area contributed by atoms with Crippen LogP contribution in [0.5, 0.6) is 0 Å². The first-order valence-electron chi connectivity index (χ1n) is 6.36. The zero-order valence-electron chi connectivity index (χ0n) is 11.0. The minimum atomic E-state index is -0.420. The SMILES string of the molecule is COCCOCCOCCOC1COCCC1O. The molecule has 1 rings (SSSR count). The van der Waals surface area contributed by atoms with E-state index < -0.39 is 6.10 Å². The third-order valence-electron chi connectivity index (χ3n) is 2.63. The van der Waals surface area contributed by atoms with E-state index in [-0.39, 0.29) is 6.10 Å². The molecule has 6 heteroatoms. The molecule has 0 aromatic carbocycles. The number of rotatable bonds is 10. The molecule has 0 saturated carbocycles. The Morgan fingerprint density at radius 2 is 1.72 bits per heavy atom. The lowest BCUT2D eigenvalue weighted by atomic mass is 10.1. The Kier molecular flexibility index (Phi) is 9.37. The van der Waals surface area contributed by atoms with Gasteiger partial charge in [-0.15, -0.1) is 0 Å². The normalized spacial score (nSPS) is 24.3. The quantitative estimate of drug-likeness (QED) is 0.553. The monoisotopic (exact) mass is 264 g/mol. The molecule has 1 saturated heterocycles. The molecule has 0 bridgehead atoms. The zero-order chi connectivity index (χ0) is 13.1. The number of aliphatic hydroxyl groups excluding tert-OH is 1. The van der Waals surface area contributed by atoms with Gasteiger partial charge in [-0.2, -0.15) is 0 Å². The van der Waals surface area contributed by atoms with Gasteiger partial charge in [-0.25, -0.2) is 0 Å². The van der Waals surface area contributed by atoms with Crippen LogP contribution in [0.15, 0.2) is 0 Å². The van der Waals surface area contributed by atoms with E-state index in [0.29, 0.717) is 59.3 Å². The summed E-state index contributed by atoms with van der Waals surface area (Å²) < 4.78 is 26.1. The van der Waals surface area contributed by atoms with Crippen molar-refractivity contribution < 1.29 is 28.8 Å². The highest BCUT2D eigenvalue weighted by Crippen LogP contribution is 2.10. The molecule has 0 spiro atoms. The molecule has 108 valence electrons. The predicted molar refractivity (Wildman–Crippen MR) is 64.7 cm³/mol. The van der Waals surface area contributed by atoms with Crippen molar-refractivity contribution in [3.8, 4) is 0 Å². The molecule has 6 nitrogen and oxygen atoms in total. The van der Waals surface area contributed by atoms with Crippen LogP contribution in [-0.2, 0) is 23.7 Å². The molecule has 0 aliphatic carbocycles. The van der Waals surface area contributed by atoms with Crippen LogP contribution >= 0.6 is 0 Å². The van der Waals surface area contributed by atoms with Gasteiger partial charge >= 0.3 is 0 Å². The van der Waals surface area contributed by atoms with Gasteiger partial charge in [0, 0.05) is 13.7 Å². The first kappa shape index (κ1) is 15.8. The number of hydrogen-bond donors (Lipinski definition) is 1. The second-order valence-electron chi connectivity index (χ2n) is 4.06. The van der Waals surface area contributed by atoms with E-state index in [4.69, 9.17) is 23.7 Å². The average molecular weight is 264 g/mol. The van der Waals surface area contributed by atoms with Crippen molar-refractivity contribution in [3.63, 3.8) is 0 Å². The Morgan fingerprint density at radius 3 is 2.39 bits per heavy atom. The van der Waals surface area contributed by atoms with Gasteiger partial charge in [0.25, 0.3) is 0 Å². The van der Waals surface area contributed by atoms with E-state index in [1.807, 2.05) is 0 Å². The van der Waals surface area contributed by atoms with Gasteiger partial charge in [-0.1, -0.05) is 0 Å².